The fraction of sp³-hybridized carbons (Fsp3) is 0.304. The van der Waals surface area contributed by atoms with Crippen molar-refractivity contribution in [2.45, 2.75) is 33.0 Å². The molecule has 0 N–H and O–H groups in total. The van der Waals surface area contributed by atoms with Crippen molar-refractivity contribution in [3.05, 3.63) is 69.8 Å². The predicted molar refractivity (Wildman–Crippen MR) is 113 cm³/mol. The van der Waals surface area contributed by atoms with Crippen molar-refractivity contribution in [2.24, 2.45) is 0 Å². The van der Waals surface area contributed by atoms with Gasteiger partial charge < -0.3 is 9.47 Å². The largest absolute Gasteiger partial charge is 0.492 e. The van der Waals surface area contributed by atoms with E-state index in [1.165, 1.54) is 14.2 Å². The lowest BCUT2D eigenvalue weighted by Crippen LogP contribution is -2.34. The Labute approximate surface area is 167 Å². The van der Waals surface area contributed by atoms with Crippen molar-refractivity contribution in [3.8, 4) is 11.8 Å². The van der Waals surface area contributed by atoms with E-state index in [-0.39, 0.29) is 22.9 Å². The third-order valence-electron chi connectivity index (χ3n) is 4.32. The first-order valence-electron chi connectivity index (χ1n) is 9.20. The average molecular weight is 395 g/mol. The highest BCUT2D eigenvalue weighted by Crippen LogP contribution is 2.34. The summed E-state index contributed by atoms with van der Waals surface area (Å²) in [5.41, 5.74) is 1.15. The van der Waals surface area contributed by atoms with E-state index in [2.05, 4.69) is 31.5 Å². The number of ether oxygens (including phenoxy) is 2. The maximum Gasteiger partial charge on any atom is 0.264 e. The highest BCUT2D eigenvalue weighted by Gasteiger charge is 2.40. The Hall–Kier alpha value is -2.84. The summed E-state index contributed by atoms with van der Waals surface area (Å²) in [6, 6.07) is 9.31. The molecule has 1 aromatic rings. The van der Waals surface area contributed by atoms with Crippen LogP contribution in [0, 0.1) is 11.8 Å². The number of allylic oxidation sites excluding steroid dienone is 4. The highest BCUT2D eigenvalue weighted by atomic mass is 28.3. The Kier molecular flexibility index (Phi) is 6.82. The molecule has 1 aliphatic rings. The minimum absolute atomic E-state index is 0.0363. The molecule has 0 saturated heterocycles. The summed E-state index contributed by atoms with van der Waals surface area (Å²) >= 11 is 0. The van der Waals surface area contributed by atoms with Crippen LogP contribution < -0.4 is 0 Å². The average Bonchev–Trinajstić information content (AvgIpc) is 2.66. The van der Waals surface area contributed by atoms with E-state index in [4.69, 9.17) is 9.47 Å². The van der Waals surface area contributed by atoms with Crippen molar-refractivity contribution >= 4 is 19.6 Å². The molecule has 5 heteroatoms. The van der Waals surface area contributed by atoms with E-state index >= 15 is 0 Å². The van der Waals surface area contributed by atoms with Crippen LogP contribution in [-0.2, 0) is 19.1 Å². The first kappa shape index (κ1) is 21.5. The van der Waals surface area contributed by atoms with Crippen LogP contribution in [0.4, 0.5) is 0 Å². The third kappa shape index (κ3) is 4.34. The number of methoxy groups -OCH3 is 2. The Bertz CT molecular complexity index is 932. The van der Waals surface area contributed by atoms with Gasteiger partial charge in [-0.1, -0.05) is 62.7 Å². The topological polar surface area (TPSA) is 52.6 Å². The number of hydrogen-bond donors (Lipinski definition) is 0. The molecule has 0 amide bonds. The van der Waals surface area contributed by atoms with Gasteiger partial charge in [0.15, 0.2) is 11.5 Å². The quantitative estimate of drug-likeness (QED) is 0.427. The van der Waals surface area contributed by atoms with Crippen molar-refractivity contribution in [1.29, 1.82) is 0 Å². The number of benzene rings is 1. The van der Waals surface area contributed by atoms with Gasteiger partial charge >= 0.3 is 0 Å². The molecule has 146 valence electrons. The van der Waals surface area contributed by atoms with Gasteiger partial charge in [-0.2, -0.15) is 0 Å². The minimum atomic E-state index is -1.93. The molecule has 0 unspecified atom stereocenters. The summed E-state index contributed by atoms with van der Waals surface area (Å²) in [5, 5.41) is 0.902. The molecular weight excluding hydrogens is 368 g/mol. The summed E-state index contributed by atoms with van der Waals surface area (Å²) < 4.78 is 10.6. The lowest BCUT2D eigenvalue weighted by molar-refractivity contribution is -0.121. The molecule has 2 rings (SSSR count). The maximum atomic E-state index is 13.4. The molecule has 4 nitrogen and oxygen atoms in total. The summed E-state index contributed by atoms with van der Waals surface area (Å²) in [6.45, 7) is 8.42. The maximum absolute atomic E-state index is 13.4. The summed E-state index contributed by atoms with van der Waals surface area (Å²) in [4.78, 5) is 26.4. The van der Waals surface area contributed by atoms with Gasteiger partial charge in [0, 0.05) is 5.56 Å². The molecule has 0 spiro atoms. The third-order valence-corrected chi connectivity index (χ3v) is 6.39. The first-order chi connectivity index (χ1) is 13.3. The molecule has 0 saturated carbocycles. The van der Waals surface area contributed by atoms with Crippen molar-refractivity contribution in [2.75, 3.05) is 14.2 Å². The number of hydrogen-bond acceptors (Lipinski definition) is 4. The minimum Gasteiger partial charge on any atom is -0.492 e. The van der Waals surface area contributed by atoms with Gasteiger partial charge in [0.2, 0.25) is 5.78 Å². The Morgan fingerprint density at radius 3 is 2.07 bits per heavy atom. The van der Waals surface area contributed by atoms with Gasteiger partial charge in [-0.05, 0) is 23.7 Å². The van der Waals surface area contributed by atoms with Crippen molar-refractivity contribution < 1.29 is 19.1 Å². The molecule has 0 bridgehead atoms. The fourth-order valence-electron chi connectivity index (χ4n) is 3.05. The van der Waals surface area contributed by atoms with E-state index in [1.807, 2.05) is 43.3 Å². The number of ketones is 2. The van der Waals surface area contributed by atoms with Gasteiger partial charge in [-0.15, -0.1) is 0 Å². The molecule has 1 aromatic carbocycles. The Morgan fingerprint density at radius 2 is 1.57 bits per heavy atom. The zero-order valence-corrected chi connectivity index (χ0v) is 18.3. The molecule has 0 heterocycles. The fourth-order valence-corrected chi connectivity index (χ4v) is 4.85. The Balaban J connectivity index is 2.69. The van der Waals surface area contributed by atoms with Crippen LogP contribution in [0.1, 0.15) is 18.9 Å². The van der Waals surface area contributed by atoms with Crippen LogP contribution in [0.2, 0.25) is 19.6 Å². The van der Waals surface area contributed by atoms with Gasteiger partial charge in [0.25, 0.3) is 5.78 Å². The summed E-state index contributed by atoms with van der Waals surface area (Å²) in [5.74, 6) is 5.03. The van der Waals surface area contributed by atoms with E-state index < -0.39 is 13.9 Å². The summed E-state index contributed by atoms with van der Waals surface area (Å²) in [7, 11) is 0.836. The van der Waals surface area contributed by atoms with Crippen LogP contribution in [0.5, 0.6) is 0 Å². The summed E-state index contributed by atoms with van der Waals surface area (Å²) in [6.07, 6.45) is 2.78. The highest BCUT2D eigenvalue weighted by molar-refractivity contribution is 6.84. The van der Waals surface area contributed by atoms with E-state index in [0.717, 1.165) is 17.2 Å². The van der Waals surface area contributed by atoms with E-state index in [1.54, 1.807) is 0 Å². The van der Waals surface area contributed by atoms with Crippen LogP contribution in [0.3, 0.4) is 0 Å². The molecule has 0 atom stereocenters. The second-order valence-corrected chi connectivity index (χ2v) is 12.4. The zero-order valence-electron chi connectivity index (χ0n) is 17.3. The molecule has 28 heavy (non-hydrogen) atoms. The lowest BCUT2D eigenvalue weighted by Gasteiger charge is -2.27. The van der Waals surface area contributed by atoms with Crippen LogP contribution >= 0.6 is 0 Å². The van der Waals surface area contributed by atoms with Gasteiger partial charge in [0.05, 0.1) is 27.9 Å². The van der Waals surface area contributed by atoms with E-state index in [9.17, 15) is 9.59 Å². The SMILES string of the molecule is CC/C=C(\C1=C(OC)C(=O)C(OC)=C(C#Cc2ccccc2)C1=O)[Si](C)(C)C. The predicted octanol–water partition coefficient (Wildman–Crippen LogP) is 4.20. The molecule has 0 radical (unpaired) electrons. The lowest BCUT2D eigenvalue weighted by atomic mass is 9.91. The Morgan fingerprint density at radius 1 is 0.964 bits per heavy atom. The van der Waals surface area contributed by atoms with Crippen LogP contribution in [0.25, 0.3) is 0 Å². The van der Waals surface area contributed by atoms with Crippen molar-refractivity contribution in [1.82, 2.24) is 0 Å². The van der Waals surface area contributed by atoms with E-state index in [0.29, 0.717) is 5.57 Å². The second-order valence-electron chi connectivity index (χ2n) is 7.37. The molecule has 0 aliphatic heterocycles. The normalized spacial score (nSPS) is 15.4. The van der Waals surface area contributed by atoms with Gasteiger partial charge in [-0.3, -0.25) is 9.59 Å². The second kappa shape index (κ2) is 8.90. The molecule has 0 aromatic heterocycles. The zero-order chi connectivity index (χ0) is 20.9. The van der Waals surface area contributed by atoms with Crippen molar-refractivity contribution in [3.63, 3.8) is 0 Å². The molecule has 1 aliphatic carbocycles. The monoisotopic (exact) mass is 394 g/mol. The standard InChI is InChI=1S/C23H26O4Si/c1-7-11-18(28(4,5)6)19-20(24)17(15-14-16-12-9-8-10-13-16)22(26-2)21(25)23(19)27-3/h8-13H,7H2,1-6H3/b18-11+. The molecule has 0 fully saturated rings. The van der Waals surface area contributed by atoms with Gasteiger partial charge in [-0.25, -0.2) is 0 Å². The first-order valence-corrected chi connectivity index (χ1v) is 12.7. The van der Waals surface area contributed by atoms with Crippen LogP contribution in [-0.4, -0.2) is 33.9 Å². The number of carbonyl (C=O) groups is 2. The van der Waals surface area contributed by atoms with Crippen LogP contribution in [0.15, 0.2) is 64.3 Å². The number of carbonyl (C=O) groups excluding carboxylic acids is 2. The number of rotatable bonds is 5. The van der Waals surface area contributed by atoms with Gasteiger partial charge in [0.1, 0.15) is 5.57 Å². The smallest absolute Gasteiger partial charge is 0.264 e. The molecular formula is C23H26O4Si. The number of Topliss-reactive ketones (excluding diaryl/α,β-unsaturated/α-hetero) is 2.